The highest BCUT2D eigenvalue weighted by molar-refractivity contribution is 6.32. The number of nitro groups is 1. The van der Waals surface area contributed by atoms with Gasteiger partial charge in [-0.2, -0.15) is 5.26 Å². The van der Waals surface area contributed by atoms with Gasteiger partial charge in [0.25, 0.3) is 5.69 Å². The van der Waals surface area contributed by atoms with E-state index < -0.39 is 4.92 Å². The van der Waals surface area contributed by atoms with Crippen molar-refractivity contribution in [1.29, 1.82) is 5.26 Å². The second-order valence-corrected chi connectivity index (χ2v) is 4.36. The Morgan fingerprint density at radius 2 is 2.05 bits per heavy atom. The number of ether oxygens (including phenoxy) is 1. The maximum atomic E-state index is 10.7. The number of benzene rings is 2. The molecule has 2 aromatic rings. The summed E-state index contributed by atoms with van der Waals surface area (Å²) < 4.78 is 5.06. The molecule has 2 aromatic carbocycles. The Morgan fingerprint density at radius 1 is 1.30 bits per heavy atom. The van der Waals surface area contributed by atoms with E-state index in [1.165, 1.54) is 25.3 Å². The van der Waals surface area contributed by atoms with Crippen molar-refractivity contribution in [2.45, 2.75) is 0 Å². The van der Waals surface area contributed by atoms with Crippen LogP contribution >= 0.6 is 11.6 Å². The molecule has 0 aliphatic rings. The van der Waals surface area contributed by atoms with E-state index in [4.69, 9.17) is 21.6 Å². The average molecular weight is 289 g/mol. The average Bonchev–Trinajstić information content (AvgIpc) is 2.46. The van der Waals surface area contributed by atoms with Gasteiger partial charge in [0.05, 0.1) is 22.6 Å². The normalized spacial score (nSPS) is 9.85. The third kappa shape index (κ3) is 2.56. The molecular formula is C14H9ClN2O3. The SMILES string of the molecule is COc1ccc(-c2ccc([N+](=O)[O-])cc2C#N)cc1Cl. The molecule has 0 unspecified atom stereocenters. The molecule has 20 heavy (non-hydrogen) atoms. The number of nitrogens with zero attached hydrogens (tertiary/aromatic N) is 2. The minimum atomic E-state index is -0.536. The van der Waals surface area contributed by atoms with Gasteiger partial charge in [0, 0.05) is 12.1 Å². The molecule has 0 N–H and O–H groups in total. The Morgan fingerprint density at radius 3 is 2.60 bits per heavy atom. The van der Waals surface area contributed by atoms with Gasteiger partial charge in [-0.25, -0.2) is 0 Å². The first-order valence-electron chi connectivity index (χ1n) is 5.59. The number of hydrogen-bond acceptors (Lipinski definition) is 4. The zero-order valence-corrected chi connectivity index (χ0v) is 11.2. The Labute approximate surface area is 120 Å². The Kier molecular flexibility index (Phi) is 3.87. The quantitative estimate of drug-likeness (QED) is 0.636. The lowest BCUT2D eigenvalue weighted by Gasteiger charge is -2.07. The zero-order chi connectivity index (χ0) is 14.7. The molecule has 2 rings (SSSR count). The molecule has 0 aromatic heterocycles. The maximum absolute atomic E-state index is 10.7. The molecule has 0 heterocycles. The van der Waals surface area contributed by atoms with Crippen LogP contribution < -0.4 is 4.74 Å². The van der Waals surface area contributed by atoms with Crippen molar-refractivity contribution in [1.82, 2.24) is 0 Å². The molecule has 0 saturated heterocycles. The van der Waals surface area contributed by atoms with Crippen molar-refractivity contribution in [2.24, 2.45) is 0 Å². The Balaban J connectivity index is 2.55. The largest absolute Gasteiger partial charge is 0.495 e. The van der Waals surface area contributed by atoms with Gasteiger partial charge in [-0.3, -0.25) is 10.1 Å². The lowest BCUT2D eigenvalue weighted by molar-refractivity contribution is -0.384. The van der Waals surface area contributed by atoms with Crippen LogP contribution in [-0.2, 0) is 0 Å². The van der Waals surface area contributed by atoms with Crippen LogP contribution in [0.5, 0.6) is 5.75 Å². The number of nitro benzene ring substituents is 1. The predicted octanol–water partition coefficient (Wildman–Crippen LogP) is 3.80. The Bertz CT molecular complexity index is 723. The molecule has 100 valence electrons. The number of methoxy groups -OCH3 is 1. The molecule has 6 heteroatoms. The van der Waals surface area contributed by atoms with Crippen molar-refractivity contribution in [2.75, 3.05) is 7.11 Å². The van der Waals surface area contributed by atoms with Crippen LogP contribution in [0.25, 0.3) is 11.1 Å². The number of rotatable bonds is 3. The first kappa shape index (κ1) is 13.8. The van der Waals surface area contributed by atoms with Crippen LogP contribution in [-0.4, -0.2) is 12.0 Å². The van der Waals surface area contributed by atoms with Crippen LogP contribution in [0.1, 0.15) is 5.56 Å². The van der Waals surface area contributed by atoms with E-state index in [0.29, 0.717) is 21.9 Å². The summed E-state index contributed by atoms with van der Waals surface area (Å²) in [5.41, 5.74) is 1.38. The van der Waals surface area contributed by atoms with Crippen LogP contribution in [0.3, 0.4) is 0 Å². The fraction of sp³-hybridized carbons (Fsp3) is 0.0714. The molecule has 0 bridgehead atoms. The summed E-state index contributed by atoms with van der Waals surface area (Å²) in [6.45, 7) is 0. The molecule has 0 fully saturated rings. The van der Waals surface area contributed by atoms with Gasteiger partial charge in [-0.1, -0.05) is 17.7 Å². The lowest BCUT2D eigenvalue weighted by Crippen LogP contribution is -1.92. The molecule has 0 amide bonds. The van der Waals surface area contributed by atoms with Crippen LogP contribution in [0.15, 0.2) is 36.4 Å². The van der Waals surface area contributed by atoms with Gasteiger partial charge in [0.2, 0.25) is 0 Å². The van der Waals surface area contributed by atoms with Crippen molar-refractivity contribution in [3.8, 4) is 22.9 Å². The second-order valence-electron chi connectivity index (χ2n) is 3.95. The van der Waals surface area contributed by atoms with E-state index in [-0.39, 0.29) is 11.3 Å². The smallest absolute Gasteiger partial charge is 0.270 e. The fourth-order valence-corrected chi connectivity index (χ4v) is 2.08. The summed E-state index contributed by atoms with van der Waals surface area (Å²) in [6.07, 6.45) is 0. The minimum absolute atomic E-state index is 0.120. The molecule has 0 spiro atoms. The monoisotopic (exact) mass is 288 g/mol. The predicted molar refractivity (Wildman–Crippen MR) is 74.8 cm³/mol. The van der Waals surface area contributed by atoms with Crippen LogP contribution in [0.2, 0.25) is 5.02 Å². The zero-order valence-electron chi connectivity index (χ0n) is 10.5. The van der Waals surface area contributed by atoms with E-state index in [0.717, 1.165) is 0 Å². The Hall–Kier alpha value is -2.58. The lowest BCUT2D eigenvalue weighted by atomic mass is 9.99. The number of hydrogen-bond donors (Lipinski definition) is 0. The fourth-order valence-electron chi connectivity index (χ4n) is 1.82. The third-order valence-corrected chi connectivity index (χ3v) is 3.09. The van der Waals surface area contributed by atoms with E-state index in [1.807, 2.05) is 6.07 Å². The van der Waals surface area contributed by atoms with Gasteiger partial charge in [0.1, 0.15) is 11.8 Å². The van der Waals surface area contributed by atoms with Crippen molar-refractivity contribution in [3.63, 3.8) is 0 Å². The van der Waals surface area contributed by atoms with Gasteiger partial charge in [-0.15, -0.1) is 0 Å². The third-order valence-electron chi connectivity index (χ3n) is 2.80. The van der Waals surface area contributed by atoms with E-state index in [2.05, 4.69) is 0 Å². The summed E-state index contributed by atoms with van der Waals surface area (Å²) in [4.78, 5) is 10.2. The van der Waals surface area contributed by atoms with Crippen LogP contribution in [0.4, 0.5) is 5.69 Å². The number of nitriles is 1. The van der Waals surface area contributed by atoms with Gasteiger partial charge in [0.15, 0.2) is 0 Å². The van der Waals surface area contributed by atoms with Crippen molar-refractivity contribution in [3.05, 3.63) is 57.1 Å². The summed E-state index contributed by atoms with van der Waals surface area (Å²) in [5, 5.41) is 20.2. The number of non-ortho nitro benzene ring substituents is 1. The maximum Gasteiger partial charge on any atom is 0.270 e. The topological polar surface area (TPSA) is 76.2 Å². The molecule has 0 radical (unpaired) electrons. The minimum Gasteiger partial charge on any atom is -0.495 e. The summed E-state index contributed by atoms with van der Waals surface area (Å²) in [5.74, 6) is 0.524. The second kappa shape index (κ2) is 5.59. The molecule has 0 aliphatic carbocycles. The summed E-state index contributed by atoms with van der Waals surface area (Å²) in [6, 6.07) is 11.2. The van der Waals surface area contributed by atoms with Crippen molar-refractivity contribution >= 4 is 17.3 Å². The highest BCUT2D eigenvalue weighted by Gasteiger charge is 2.13. The van der Waals surface area contributed by atoms with Gasteiger partial charge >= 0.3 is 0 Å². The van der Waals surface area contributed by atoms with E-state index in [9.17, 15) is 10.1 Å². The van der Waals surface area contributed by atoms with Gasteiger partial charge < -0.3 is 4.74 Å². The molecule has 5 nitrogen and oxygen atoms in total. The van der Waals surface area contributed by atoms with E-state index >= 15 is 0 Å². The number of halogens is 1. The van der Waals surface area contributed by atoms with Gasteiger partial charge in [-0.05, 0) is 29.3 Å². The summed E-state index contributed by atoms with van der Waals surface area (Å²) in [7, 11) is 1.51. The highest BCUT2D eigenvalue weighted by Crippen LogP contribution is 2.32. The first-order chi connectivity index (χ1) is 9.56. The first-order valence-corrected chi connectivity index (χ1v) is 5.97. The molecule has 0 atom stereocenters. The standard InChI is InChI=1S/C14H9ClN2O3/c1-20-14-5-2-9(7-13(14)15)12-4-3-11(17(18)19)6-10(12)8-16/h2-7H,1H3. The molecule has 0 saturated carbocycles. The van der Waals surface area contributed by atoms with Crippen LogP contribution in [0, 0.1) is 21.4 Å². The van der Waals surface area contributed by atoms with E-state index in [1.54, 1.807) is 18.2 Å². The highest BCUT2D eigenvalue weighted by atomic mass is 35.5. The van der Waals surface area contributed by atoms with Crippen molar-refractivity contribution < 1.29 is 9.66 Å². The summed E-state index contributed by atoms with van der Waals surface area (Å²) >= 11 is 6.04. The molecular weight excluding hydrogens is 280 g/mol. The molecule has 0 aliphatic heterocycles.